The second kappa shape index (κ2) is 7.01. The molecule has 3 heteroatoms. The van der Waals surface area contributed by atoms with Crippen molar-refractivity contribution in [3.8, 4) is 0 Å². The van der Waals surface area contributed by atoms with Crippen LogP contribution >= 0.6 is 0 Å². The number of hydrogen-bond donors (Lipinski definition) is 1. The number of nitrogens with zero attached hydrogens (tertiary/aromatic N) is 2. The second-order valence-corrected chi connectivity index (χ2v) is 6.42. The zero-order chi connectivity index (χ0) is 14.5. The van der Waals surface area contributed by atoms with Crippen LogP contribution in [-0.2, 0) is 13.1 Å². The molecule has 0 atom stereocenters. The fourth-order valence-electron chi connectivity index (χ4n) is 1.89. The summed E-state index contributed by atoms with van der Waals surface area (Å²) in [5.74, 6) is 0. The van der Waals surface area contributed by atoms with E-state index in [2.05, 4.69) is 68.9 Å². The SMILES string of the molecule is CCN(Cc1ccc(CNC(C)(C)C)cn1)C(C)C. The minimum Gasteiger partial charge on any atom is -0.308 e. The van der Waals surface area contributed by atoms with E-state index in [0.29, 0.717) is 6.04 Å². The summed E-state index contributed by atoms with van der Waals surface area (Å²) in [6, 6.07) is 4.88. The molecular weight excluding hydrogens is 234 g/mol. The highest BCUT2D eigenvalue weighted by Crippen LogP contribution is 2.08. The molecule has 0 aromatic carbocycles. The standard InChI is InChI=1S/C16H29N3/c1-7-19(13(2)3)12-15-9-8-14(10-17-15)11-18-16(4,5)6/h8-10,13,18H,7,11-12H2,1-6H3. The van der Waals surface area contributed by atoms with Gasteiger partial charge >= 0.3 is 0 Å². The van der Waals surface area contributed by atoms with Crippen LogP contribution in [0.4, 0.5) is 0 Å². The summed E-state index contributed by atoms with van der Waals surface area (Å²) in [5, 5.41) is 3.48. The van der Waals surface area contributed by atoms with Gasteiger partial charge in [0, 0.05) is 30.9 Å². The third-order valence-corrected chi connectivity index (χ3v) is 3.21. The molecule has 1 aromatic heterocycles. The smallest absolute Gasteiger partial charge is 0.0544 e. The molecule has 0 spiro atoms. The minimum atomic E-state index is 0.148. The minimum absolute atomic E-state index is 0.148. The molecule has 1 N–H and O–H groups in total. The third kappa shape index (κ3) is 6.17. The lowest BCUT2D eigenvalue weighted by atomic mass is 10.1. The van der Waals surface area contributed by atoms with E-state index in [4.69, 9.17) is 0 Å². The Morgan fingerprint density at radius 3 is 2.37 bits per heavy atom. The van der Waals surface area contributed by atoms with E-state index < -0.39 is 0 Å². The lowest BCUT2D eigenvalue weighted by Gasteiger charge is -2.24. The number of nitrogens with one attached hydrogen (secondary N) is 1. The summed E-state index contributed by atoms with van der Waals surface area (Å²) in [6.07, 6.45) is 1.99. The molecule has 0 unspecified atom stereocenters. The predicted octanol–water partition coefficient (Wildman–Crippen LogP) is 3.20. The maximum atomic E-state index is 4.57. The highest BCUT2D eigenvalue weighted by Gasteiger charge is 2.10. The molecule has 0 fully saturated rings. The Morgan fingerprint density at radius 1 is 1.26 bits per heavy atom. The lowest BCUT2D eigenvalue weighted by Crippen LogP contribution is -2.35. The average Bonchev–Trinajstić information content (AvgIpc) is 2.33. The first-order valence-electron chi connectivity index (χ1n) is 7.24. The summed E-state index contributed by atoms with van der Waals surface area (Å²) < 4.78 is 0. The van der Waals surface area contributed by atoms with Crippen molar-refractivity contribution < 1.29 is 0 Å². The highest BCUT2D eigenvalue weighted by molar-refractivity contribution is 5.14. The van der Waals surface area contributed by atoms with Crippen molar-refractivity contribution in [3.63, 3.8) is 0 Å². The van der Waals surface area contributed by atoms with Crippen LogP contribution in [0.3, 0.4) is 0 Å². The molecule has 0 bridgehead atoms. The largest absolute Gasteiger partial charge is 0.308 e. The van der Waals surface area contributed by atoms with Gasteiger partial charge in [-0.05, 0) is 52.8 Å². The van der Waals surface area contributed by atoms with E-state index in [9.17, 15) is 0 Å². The molecule has 19 heavy (non-hydrogen) atoms. The molecule has 1 aromatic rings. The van der Waals surface area contributed by atoms with E-state index in [0.717, 1.165) is 25.3 Å². The van der Waals surface area contributed by atoms with Crippen molar-refractivity contribution in [2.45, 2.75) is 66.2 Å². The van der Waals surface area contributed by atoms with Gasteiger partial charge in [-0.2, -0.15) is 0 Å². The molecule has 0 aliphatic carbocycles. The maximum Gasteiger partial charge on any atom is 0.0544 e. The van der Waals surface area contributed by atoms with Crippen LogP contribution in [0.1, 0.15) is 52.8 Å². The highest BCUT2D eigenvalue weighted by atomic mass is 15.1. The van der Waals surface area contributed by atoms with Crippen LogP contribution in [0.5, 0.6) is 0 Å². The van der Waals surface area contributed by atoms with Crippen LogP contribution in [0, 0.1) is 0 Å². The quantitative estimate of drug-likeness (QED) is 0.854. The van der Waals surface area contributed by atoms with E-state index in [-0.39, 0.29) is 5.54 Å². The zero-order valence-electron chi connectivity index (χ0n) is 13.3. The number of aromatic nitrogens is 1. The Kier molecular flexibility index (Phi) is 5.95. The van der Waals surface area contributed by atoms with Gasteiger partial charge in [-0.1, -0.05) is 13.0 Å². The van der Waals surface area contributed by atoms with Gasteiger partial charge in [-0.3, -0.25) is 9.88 Å². The average molecular weight is 263 g/mol. The molecule has 0 saturated heterocycles. The van der Waals surface area contributed by atoms with Gasteiger partial charge in [0.1, 0.15) is 0 Å². The van der Waals surface area contributed by atoms with E-state index in [1.165, 1.54) is 5.56 Å². The molecule has 0 aliphatic heterocycles. The molecule has 0 saturated carbocycles. The van der Waals surface area contributed by atoms with Crippen molar-refractivity contribution in [3.05, 3.63) is 29.6 Å². The van der Waals surface area contributed by atoms with Gasteiger partial charge in [0.25, 0.3) is 0 Å². The fourth-order valence-corrected chi connectivity index (χ4v) is 1.89. The maximum absolute atomic E-state index is 4.57. The van der Waals surface area contributed by atoms with Crippen molar-refractivity contribution in [1.29, 1.82) is 0 Å². The zero-order valence-corrected chi connectivity index (χ0v) is 13.3. The Hall–Kier alpha value is -0.930. The van der Waals surface area contributed by atoms with Gasteiger partial charge < -0.3 is 5.32 Å². The monoisotopic (exact) mass is 263 g/mol. The Labute approximate surface area is 118 Å². The molecule has 0 aliphatic rings. The van der Waals surface area contributed by atoms with Gasteiger partial charge in [0.15, 0.2) is 0 Å². The fraction of sp³-hybridized carbons (Fsp3) is 0.688. The summed E-state index contributed by atoms with van der Waals surface area (Å²) in [6.45, 7) is 16.0. The van der Waals surface area contributed by atoms with Crippen LogP contribution in [-0.4, -0.2) is 28.0 Å². The van der Waals surface area contributed by atoms with Crippen LogP contribution in [0.25, 0.3) is 0 Å². The molecule has 1 heterocycles. The first kappa shape index (κ1) is 16.1. The summed E-state index contributed by atoms with van der Waals surface area (Å²) >= 11 is 0. The number of rotatable bonds is 6. The van der Waals surface area contributed by atoms with Crippen LogP contribution in [0.2, 0.25) is 0 Å². The second-order valence-electron chi connectivity index (χ2n) is 6.42. The first-order chi connectivity index (χ1) is 8.81. The topological polar surface area (TPSA) is 28.2 Å². The van der Waals surface area contributed by atoms with Crippen LogP contribution < -0.4 is 5.32 Å². The molecular formula is C16H29N3. The normalized spacial score (nSPS) is 12.4. The third-order valence-electron chi connectivity index (χ3n) is 3.21. The van der Waals surface area contributed by atoms with Gasteiger partial charge in [0.05, 0.1) is 5.69 Å². The predicted molar refractivity (Wildman–Crippen MR) is 82.0 cm³/mol. The van der Waals surface area contributed by atoms with E-state index >= 15 is 0 Å². The van der Waals surface area contributed by atoms with Crippen molar-refractivity contribution in [2.24, 2.45) is 0 Å². The van der Waals surface area contributed by atoms with Crippen LogP contribution in [0.15, 0.2) is 18.3 Å². The molecule has 1 rings (SSSR count). The number of hydrogen-bond acceptors (Lipinski definition) is 3. The Bertz CT molecular complexity index is 363. The van der Waals surface area contributed by atoms with Crippen molar-refractivity contribution in [2.75, 3.05) is 6.54 Å². The van der Waals surface area contributed by atoms with E-state index in [1.54, 1.807) is 0 Å². The van der Waals surface area contributed by atoms with Gasteiger partial charge in [-0.25, -0.2) is 0 Å². The first-order valence-corrected chi connectivity index (χ1v) is 7.24. The number of pyridine rings is 1. The van der Waals surface area contributed by atoms with Crippen molar-refractivity contribution in [1.82, 2.24) is 15.2 Å². The van der Waals surface area contributed by atoms with Gasteiger partial charge in [-0.15, -0.1) is 0 Å². The molecule has 3 nitrogen and oxygen atoms in total. The summed E-state index contributed by atoms with van der Waals surface area (Å²) in [4.78, 5) is 6.98. The molecule has 0 radical (unpaired) electrons. The van der Waals surface area contributed by atoms with Crippen molar-refractivity contribution >= 4 is 0 Å². The summed E-state index contributed by atoms with van der Waals surface area (Å²) in [7, 11) is 0. The molecule has 0 amide bonds. The molecule has 108 valence electrons. The Morgan fingerprint density at radius 2 is 1.95 bits per heavy atom. The Balaban J connectivity index is 2.56. The van der Waals surface area contributed by atoms with E-state index in [1.807, 2.05) is 6.20 Å². The van der Waals surface area contributed by atoms with Gasteiger partial charge in [0.2, 0.25) is 0 Å². The summed E-state index contributed by atoms with van der Waals surface area (Å²) in [5.41, 5.74) is 2.54. The lowest BCUT2D eigenvalue weighted by molar-refractivity contribution is 0.222.